The average molecular weight is 304 g/mol. The number of nitrogens with zero attached hydrogens (tertiary/aromatic N) is 3. The van der Waals surface area contributed by atoms with Gasteiger partial charge >= 0.3 is 5.69 Å². The fourth-order valence-corrected chi connectivity index (χ4v) is 2.96. The third-order valence-corrected chi connectivity index (χ3v) is 4.84. The van der Waals surface area contributed by atoms with Crippen LogP contribution in [0.2, 0.25) is 0 Å². The zero-order valence-corrected chi connectivity index (χ0v) is 12.8. The highest BCUT2D eigenvalue weighted by Crippen LogP contribution is 2.09. The summed E-state index contributed by atoms with van der Waals surface area (Å²) in [5, 5.41) is 0. The molecule has 0 aliphatic rings. The fourth-order valence-electron chi connectivity index (χ4n) is 1.63. The Morgan fingerprint density at radius 3 is 2.40 bits per heavy atom. The third-order valence-electron chi connectivity index (χ3n) is 3.00. The first-order valence-corrected chi connectivity index (χ1v) is 7.51. The van der Waals surface area contributed by atoms with E-state index in [0.29, 0.717) is 6.42 Å². The van der Waals surface area contributed by atoms with Crippen LogP contribution in [0.3, 0.4) is 0 Å². The van der Waals surface area contributed by atoms with Gasteiger partial charge in [0.2, 0.25) is 10.0 Å². The Labute approximate surface area is 117 Å². The summed E-state index contributed by atoms with van der Waals surface area (Å²) in [6.45, 7) is 1.97. The molecule has 0 saturated carbocycles. The molecule has 2 N–H and O–H groups in total. The van der Waals surface area contributed by atoms with E-state index < -0.39 is 26.2 Å². The van der Waals surface area contributed by atoms with Crippen molar-refractivity contribution in [3.63, 3.8) is 0 Å². The molecule has 0 amide bonds. The van der Waals surface area contributed by atoms with E-state index in [-0.39, 0.29) is 12.6 Å². The van der Waals surface area contributed by atoms with E-state index in [0.717, 1.165) is 19.6 Å². The lowest BCUT2D eigenvalue weighted by atomic mass is 10.2. The quantitative estimate of drug-likeness (QED) is 0.708. The topological polar surface area (TPSA) is 107 Å². The summed E-state index contributed by atoms with van der Waals surface area (Å²) < 4.78 is 27.6. The van der Waals surface area contributed by atoms with Crippen molar-refractivity contribution in [2.75, 3.05) is 13.6 Å². The van der Waals surface area contributed by atoms with Gasteiger partial charge in [0, 0.05) is 39.9 Å². The first-order chi connectivity index (χ1) is 9.09. The molecular formula is C11H20N4O4S. The number of aryl methyl sites for hydroxylation is 1. The molecule has 114 valence electrons. The molecule has 1 heterocycles. The van der Waals surface area contributed by atoms with Crippen molar-refractivity contribution in [2.45, 2.75) is 24.3 Å². The molecule has 1 unspecified atom stereocenters. The van der Waals surface area contributed by atoms with Crippen LogP contribution in [0.1, 0.15) is 13.3 Å². The van der Waals surface area contributed by atoms with E-state index >= 15 is 0 Å². The Morgan fingerprint density at radius 1 is 1.35 bits per heavy atom. The van der Waals surface area contributed by atoms with E-state index in [9.17, 15) is 18.0 Å². The van der Waals surface area contributed by atoms with Crippen molar-refractivity contribution in [2.24, 2.45) is 19.8 Å². The van der Waals surface area contributed by atoms with Crippen LogP contribution >= 0.6 is 0 Å². The average Bonchev–Trinajstić information content (AvgIpc) is 2.37. The lowest BCUT2D eigenvalue weighted by molar-refractivity contribution is 0.443. The number of hydrogen-bond donors (Lipinski definition) is 1. The molecule has 0 saturated heterocycles. The fraction of sp³-hybridized carbons (Fsp3) is 0.636. The standard InChI is InChI=1S/C11H20N4O4S/c1-8(12)5-6-14(3)20(18,19)9-7-13(2)11(17)15(4)10(9)16/h7-8H,5-6,12H2,1-4H3. The summed E-state index contributed by atoms with van der Waals surface area (Å²) >= 11 is 0. The van der Waals surface area contributed by atoms with Crippen LogP contribution in [-0.2, 0) is 24.1 Å². The molecule has 20 heavy (non-hydrogen) atoms. The Bertz CT molecular complexity index is 702. The number of aromatic nitrogens is 2. The third kappa shape index (κ3) is 3.17. The Balaban J connectivity index is 3.30. The summed E-state index contributed by atoms with van der Waals surface area (Å²) in [5.41, 5.74) is 4.18. The summed E-state index contributed by atoms with van der Waals surface area (Å²) in [7, 11) is 0.0682. The monoisotopic (exact) mass is 304 g/mol. The maximum atomic E-state index is 12.3. The van der Waals surface area contributed by atoms with Crippen LogP contribution in [-0.4, -0.2) is 41.5 Å². The van der Waals surface area contributed by atoms with Crippen LogP contribution in [0.25, 0.3) is 0 Å². The van der Waals surface area contributed by atoms with Gasteiger partial charge in [0.15, 0.2) is 4.90 Å². The number of rotatable bonds is 5. The van der Waals surface area contributed by atoms with Gasteiger partial charge in [-0.15, -0.1) is 0 Å². The zero-order valence-electron chi connectivity index (χ0n) is 12.0. The highest BCUT2D eigenvalue weighted by Gasteiger charge is 2.26. The maximum Gasteiger partial charge on any atom is 0.330 e. The number of sulfonamides is 1. The van der Waals surface area contributed by atoms with Crippen LogP contribution in [0, 0.1) is 0 Å². The molecule has 0 radical (unpaired) electrons. The van der Waals surface area contributed by atoms with Crippen molar-refractivity contribution in [3.05, 3.63) is 27.0 Å². The second-order valence-electron chi connectivity index (χ2n) is 4.84. The first-order valence-electron chi connectivity index (χ1n) is 6.07. The van der Waals surface area contributed by atoms with E-state index in [1.807, 2.05) is 0 Å². The number of nitrogens with two attached hydrogens (primary N) is 1. The summed E-state index contributed by atoms with van der Waals surface area (Å²) in [5.74, 6) is 0. The summed E-state index contributed by atoms with van der Waals surface area (Å²) in [6.07, 6.45) is 1.52. The lowest BCUT2D eigenvalue weighted by Gasteiger charge is -2.18. The SMILES string of the molecule is CC(N)CCN(C)S(=O)(=O)c1cn(C)c(=O)n(C)c1=O. The zero-order chi connectivity index (χ0) is 15.7. The van der Waals surface area contributed by atoms with Gasteiger partial charge in [0.05, 0.1) is 0 Å². The van der Waals surface area contributed by atoms with Gasteiger partial charge in [-0.25, -0.2) is 17.5 Å². The molecule has 0 bridgehead atoms. The van der Waals surface area contributed by atoms with Crippen LogP contribution < -0.4 is 17.0 Å². The van der Waals surface area contributed by atoms with Crippen LogP contribution in [0.4, 0.5) is 0 Å². The first kappa shape index (κ1) is 16.6. The number of hydrogen-bond acceptors (Lipinski definition) is 5. The van der Waals surface area contributed by atoms with E-state index in [1.54, 1.807) is 6.92 Å². The van der Waals surface area contributed by atoms with E-state index in [4.69, 9.17) is 5.73 Å². The molecule has 1 atom stereocenters. The van der Waals surface area contributed by atoms with Crippen LogP contribution in [0.5, 0.6) is 0 Å². The minimum Gasteiger partial charge on any atom is -0.328 e. The molecule has 9 heteroatoms. The maximum absolute atomic E-state index is 12.3. The molecule has 0 aliphatic carbocycles. The minimum absolute atomic E-state index is 0.143. The van der Waals surface area contributed by atoms with E-state index in [1.165, 1.54) is 21.1 Å². The summed E-state index contributed by atoms with van der Waals surface area (Å²) in [4.78, 5) is 23.1. The molecule has 8 nitrogen and oxygen atoms in total. The second kappa shape index (κ2) is 5.90. The largest absolute Gasteiger partial charge is 0.330 e. The van der Waals surface area contributed by atoms with Crippen molar-refractivity contribution >= 4 is 10.0 Å². The molecule has 0 aliphatic heterocycles. The van der Waals surface area contributed by atoms with Crippen molar-refractivity contribution in [3.8, 4) is 0 Å². The van der Waals surface area contributed by atoms with Gasteiger partial charge in [-0.2, -0.15) is 0 Å². The lowest BCUT2D eigenvalue weighted by Crippen LogP contribution is -2.42. The Morgan fingerprint density at radius 2 is 1.90 bits per heavy atom. The van der Waals surface area contributed by atoms with Crippen LogP contribution in [0.15, 0.2) is 20.7 Å². The molecule has 0 spiro atoms. The van der Waals surface area contributed by atoms with Crippen molar-refractivity contribution in [1.82, 2.24) is 13.4 Å². The smallest absolute Gasteiger partial charge is 0.328 e. The molecule has 0 fully saturated rings. The highest BCUT2D eigenvalue weighted by molar-refractivity contribution is 7.89. The molecule has 1 rings (SSSR count). The van der Waals surface area contributed by atoms with Gasteiger partial charge in [-0.1, -0.05) is 0 Å². The highest BCUT2D eigenvalue weighted by atomic mass is 32.2. The normalized spacial score (nSPS) is 13.7. The molecule has 1 aromatic heterocycles. The minimum atomic E-state index is -3.94. The van der Waals surface area contributed by atoms with Crippen molar-refractivity contribution < 1.29 is 8.42 Å². The van der Waals surface area contributed by atoms with Gasteiger partial charge < -0.3 is 10.3 Å². The molecular weight excluding hydrogens is 284 g/mol. The predicted octanol–water partition coefficient (Wildman–Crippen LogP) is -1.56. The van der Waals surface area contributed by atoms with E-state index in [2.05, 4.69) is 0 Å². The van der Waals surface area contributed by atoms with Crippen molar-refractivity contribution in [1.29, 1.82) is 0 Å². The molecule has 1 aromatic rings. The van der Waals surface area contributed by atoms with Gasteiger partial charge in [-0.05, 0) is 13.3 Å². The van der Waals surface area contributed by atoms with Gasteiger partial charge in [0.1, 0.15) is 0 Å². The second-order valence-corrected chi connectivity index (χ2v) is 6.86. The Hall–Kier alpha value is -1.45. The summed E-state index contributed by atoms with van der Waals surface area (Å²) in [6, 6.07) is -0.143. The van der Waals surface area contributed by atoms with Gasteiger partial charge in [-0.3, -0.25) is 9.36 Å². The Kier molecular flexibility index (Phi) is 4.90. The van der Waals surface area contributed by atoms with Gasteiger partial charge in [0.25, 0.3) is 5.56 Å². The predicted molar refractivity (Wildman–Crippen MR) is 75.0 cm³/mol. The molecule has 0 aromatic carbocycles.